The zero-order valence-corrected chi connectivity index (χ0v) is 16.3. The third kappa shape index (κ3) is 4.91. The van der Waals surface area contributed by atoms with Crippen LogP contribution in [0.4, 0.5) is 10.5 Å². The van der Waals surface area contributed by atoms with Crippen LogP contribution in [0, 0.1) is 6.92 Å². The molecule has 0 aliphatic heterocycles. The summed E-state index contributed by atoms with van der Waals surface area (Å²) in [6, 6.07) is 14.0. The van der Waals surface area contributed by atoms with Crippen molar-refractivity contribution in [2.45, 2.75) is 19.9 Å². The Morgan fingerprint density at radius 3 is 2.64 bits per heavy atom. The number of hydrogen-bond acceptors (Lipinski definition) is 3. The van der Waals surface area contributed by atoms with E-state index in [-0.39, 0.29) is 24.7 Å². The fourth-order valence-electron chi connectivity index (χ4n) is 2.94. The van der Waals surface area contributed by atoms with Crippen molar-refractivity contribution in [3.8, 4) is 0 Å². The van der Waals surface area contributed by atoms with Crippen molar-refractivity contribution in [1.82, 2.24) is 9.88 Å². The molecule has 28 heavy (non-hydrogen) atoms. The number of benzene rings is 2. The van der Waals surface area contributed by atoms with Crippen molar-refractivity contribution in [2.75, 3.05) is 18.5 Å². The van der Waals surface area contributed by atoms with Gasteiger partial charge in [-0.05, 0) is 61.2 Å². The minimum Gasteiger partial charge on any atom is -0.396 e. The van der Waals surface area contributed by atoms with Gasteiger partial charge in [-0.3, -0.25) is 4.79 Å². The van der Waals surface area contributed by atoms with Crippen LogP contribution in [-0.2, 0) is 6.54 Å². The van der Waals surface area contributed by atoms with Gasteiger partial charge in [-0.1, -0.05) is 23.2 Å². The second-order valence-electron chi connectivity index (χ2n) is 6.65. The fraction of sp³-hybridized carbons (Fsp3) is 0.238. The first-order valence-electron chi connectivity index (χ1n) is 9.01. The van der Waals surface area contributed by atoms with E-state index in [1.807, 2.05) is 31.2 Å². The third-order valence-corrected chi connectivity index (χ3v) is 4.66. The summed E-state index contributed by atoms with van der Waals surface area (Å²) in [5, 5.41) is 13.5. The number of amides is 2. The van der Waals surface area contributed by atoms with E-state index in [1.165, 1.54) is 4.90 Å². The molecule has 0 aliphatic rings. The third-order valence-electron chi connectivity index (χ3n) is 4.41. The van der Waals surface area contributed by atoms with E-state index in [0.29, 0.717) is 29.2 Å². The lowest BCUT2D eigenvalue weighted by Crippen LogP contribution is -2.37. The van der Waals surface area contributed by atoms with E-state index in [1.54, 1.807) is 24.3 Å². The minimum atomic E-state index is -0.348. The summed E-state index contributed by atoms with van der Waals surface area (Å²) < 4.78 is 0. The second kappa shape index (κ2) is 8.91. The summed E-state index contributed by atoms with van der Waals surface area (Å²) in [6.07, 6.45) is 0.415. The number of carbonyl (C=O) groups excluding carboxylic acids is 1. The molecule has 0 saturated carbocycles. The largest absolute Gasteiger partial charge is 0.396 e. The highest BCUT2D eigenvalue weighted by Gasteiger charge is 2.16. The van der Waals surface area contributed by atoms with Gasteiger partial charge in [0.2, 0.25) is 0 Å². The first-order chi connectivity index (χ1) is 13.5. The molecule has 0 fully saturated rings. The number of H-pyrrole nitrogens is 1. The lowest BCUT2D eigenvalue weighted by atomic mass is 10.1. The molecule has 0 aliphatic carbocycles. The van der Waals surface area contributed by atoms with Crippen molar-refractivity contribution in [1.29, 1.82) is 0 Å². The highest BCUT2D eigenvalue weighted by Crippen LogP contribution is 2.16. The molecule has 0 bridgehead atoms. The number of aliphatic hydroxyl groups is 1. The molecule has 0 unspecified atom stereocenters. The van der Waals surface area contributed by atoms with Crippen molar-refractivity contribution in [3.05, 3.63) is 75.0 Å². The van der Waals surface area contributed by atoms with Crippen LogP contribution >= 0.6 is 11.6 Å². The molecule has 3 N–H and O–H groups in total. The molecule has 2 aromatic carbocycles. The molecule has 1 aromatic heterocycles. The number of fused-ring (bicyclic) bond motifs is 1. The highest BCUT2D eigenvalue weighted by atomic mass is 35.5. The predicted molar refractivity (Wildman–Crippen MR) is 112 cm³/mol. The Bertz CT molecular complexity index is 1030. The van der Waals surface area contributed by atoms with Crippen molar-refractivity contribution < 1.29 is 9.90 Å². The summed E-state index contributed by atoms with van der Waals surface area (Å²) >= 11 is 5.87. The van der Waals surface area contributed by atoms with Crippen molar-refractivity contribution in [2.24, 2.45) is 0 Å². The average molecular weight is 400 g/mol. The molecule has 0 radical (unpaired) electrons. The zero-order valence-electron chi connectivity index (χ0n) is 15.5. The van der Waals surface area contributed by atoms with Crippen LogP contribution in [-0.4, -0.2) is 34.2 Å². The van der Waals surface area contributed by atoms with Gasteiger partial charge in [-0.15, -0.1) is 0 Å². The number of rotatable bonds is 6. The number of aryl methyl sites for hydroxylation is 1. The number of hydrogen-bond donors (Lipinski definition) is 3. The van der Waals surface area contributed by atoms with Crippen LogP contribution in [0.3, 0.4) is 0 Å². The van der Waals surface area contributed by atoms with E-state index in [9.17, 15) is 9.59 Å². The summed E-state index contributed by atoms with van der Waals surface area (Å²) in [4.78, 5) is 29.6. The van der Waals surface area contributed by atoms with Gasteiger partial charge < -0.3 is 20.3 Å². The topological polar surface area (TPSA) is 85.4 Å². The molecule has 0 atom stereocenters. The zero-order chi connectivity index (χ0) is 20.1. The Morgan fingerprint density at radius 1 is 1.18 bits per heavy atom. The smallest absolute Gasteiger partial charge is 0.322 e. The number of carbonyl (C=O) groups is 1. The lowest BCUT2D eigenvalue weighted by Gasteiger charge is -2.23. The molecule has 6 nitrogen and oxygen atoms in total. The van der Waals surface area contributed by atoms with Gasteiger partial charge >= 0.3 is 6.03 Å². The summed E-state index contributed by atoms with van der Waals surface area (Å²) in [6.45, 7) is 2.40. The Morgan fingerprint density at radius 2 is 1.93 bits per heavy atom. The SMILES string of the molecule is Cc1ccc2[nH]c(=O)c(CN(CCCO)C(=O)Nc3ccc(Cl)cc3)cc2c1. The van der Waals surface area contributed by atoms with Crippen molar-refractivity contribution in [3.63, 3.8) is 0 Å². The van der Waals surface area contributed by atoms with Crippen LogP contribution in [0.25, 0.3) is 10.9 Å². The number of pyridine rings is 1. The van der Waals surface area contributed by atoms with Crippen molar-refractivity contribution >= 4 is 34.2 Å². The lowest BCUT2D eigenvalue weighted by molar-refractivity contribution is 0.199. The molecule has 2 amide bonds. The minimum absolute atomic E-state index is 0.0437. The maximum Gasteiger partial charge on any atom is 0.322 e. The number of anilines is 1. The molecular weight excluding hydrogens is 378 g/mol. The van der Waals surface area contributed by atoms with Gasteiger partial charge in [0.1, 0.15) is 0 Å². The van der Waals surface area contributed by atoms with Crippen LogP contribution in [0.2, 0.25) is 5.02 Å². The predicted octanol–water partition coefficient (Wildman–Crippen LogP) is 3.91. The summed E-state index contributed by atoms with van der Waals surface area (Å²) in [7, 11) is 0. The summed E-state index contributed by atoms with van der Waals surface area (Å²) in [5.41, 5.74) is 2.70. The Kier molecular flexibility index (Phi) is 6.34. The molecule has 0 saturated heterocycles. The van der Waals surface area contributed by atoms with Gasteiger partial charge in [0.15, 0.2) is 0 Å². The van der Waals surface area contributed by atoms with E-state index in [4.69, 9.17) is 16.7 Å². The summed E-state index contributed by atoms with van der Waals surface area (Å²) in [5.74, 6) is 0. The maximum atomic E-state index is 12.7. The molecule has 3 aromatic rings. The van der Waals surface area contributed by atoms with Gasteiger partial charge in [0, 0.05) is 34.9 Å². The highest BCUT2D eigenvalue weighted by molar-refractivity contribution is 6.30. The van der Waals surface area contributed by atoms with Crippen LogP contribution in [0.5, 0.6) is 0 Å². The standard InChI is InChI=1S/C21H22ClN3O3/c1-14-3-8-19-15(11-14)12-16(20(27)24-19)13-25(9-2-10-26)21(28)23-18-6-4-17(22)5-7-18/h3-8,11-12,26H,2,9-10,13H2,1H3,(H,23,28)(H,24,27). The number of halogens is 1. The van der Waals surface area contributed by atoms with E-state index >= 15 is 0 Å². The molecular formula is C21H22ClN3O3. The fourth-order valence-corrected chi connectivity index (χ4v) is 3.07. The van der Waals surface area contributed by atoms with Gasteiger partial charge in [-0.25, -0.2) is 4.79 Å². The second-order valence-corrected chi connectivity index (χ2v) is 7.09. The number of aromatic amines is 1. The van der Waals surface area contributed by atoms with Crippen LogP contribution < -0.4 is 10.9 Å². The van der Waals surface area contributed by atoms with Gasteiger partial charge in [-0.2, -0.15) is 0 Å². The number of aliphatic hydroxyl groups excluding tert-OH is 1. The number of nitrogens with zero attached hydrogens (tertiary/aromatic N) is 1. The van der Waals surface area contributed by atoms with E-state index < -0.39 is 0 Å². The van der Waals surface area contributed by atoms with E-state index in [2.05, 4.69) is 10.3 Å². The quantitative estimate of drug-likeness (QED) is 0.587. The monoisotopic (exact) mass is 399 g/mol. The molecule has 0 spiro atoms. The Hall–Kier alpha value is -2.83. The number of nitrogens with one attached hydrogen (secondary N) is 2. The van der Waals surface area contributed by atoms with E-state index in [0.717, 1.165) is 16.5 Å². The van der Waals surface area contributed by atoms with Gasteiger partial charge in [0.25, 0.3) is 5.56 Å². The first kappa shape index (κ1) is 19.9. The number of aromatic nitrogens is 1. The average Bonchev–Trinajstić information content (AvgIpc) is 2.67. The molecule has 3 rings (SSSR count). The maximum absolute atomic E-state index is 12.7. The molecule has 1 heterocycles. The Balaban J connectivity index is 1.84. The molecule has 7 heteroatoms. The number of urea groups is 1. The van der Waals surface area contributed by atoms with Crippen LogP contribution in [0.1, 0.15) is 17.5 Å². The molecule has 146 valence electrons. The normalized spacial score (nSPS) is 10.8. The Labute approximate surface area is 167 Å². The van der Waals surface area contributed by atoms with Crippen LogP contribution in [0.15, 0.2) is 53.3 Å². The van der Waals surface area contributed by atoms with Gasteiger partial charge in [0.05, 0.1) is 6.54 Å². The first-order valence-corrected chi connectivity index (χ1v) is 9.39.